The number of carbonyl (C=O) groups is 1. The van der Waals surface area contributed by atoms with E-state index in [0.29, 0.717) is 22.3 Å². The van der Waals surface area contributed by atoms with E-state index in [2.05, 4.69) is 0 Å². The van der Waals surface area contributed by atoms with Crippen molar-refractivity contribution in [1.82, 2.24) is 0 Å². The van der Waals surface area contributed by atoms with E-state index in [1.807, 2.05) is 0 Å². The second-order valence-electron chi connectivity index (χ2n) is 3.17. The maximum atomic E-state index is 13.3. The highest BCUT2D eigenvalue weighted by atomic mass is 19.1. The lowest BCUT2D eigenvalue weighted by molar-refractivity contribution is 0.0999. The molecule has 0 spiro atoms. The molecule has 0 aliphatic carbocycles. The number of halogens is 1. The molecule has 0 saturated carbocycles. The Balaban J connectivity index is 3.50. The molecule has 0 radical (unpaired) electrons. The van der Waals surface area contributed by atoms with Crippen LogP contribution in [0.3, 0.4) is 0 Å². The quantitative estimate of drug-likeness (QED) is 0.705. The monoisotopic (exact) mass is 181 g/mol. The molecule has 0 fully saturated rings. The van der Waals surface area contributed by atoms with Crippen molar-refractivity contribution in [2.75, 3.05) is 0 Å². The molecule has 2 N–H and O–H groups in total. The van der Waals surface area contributed by atoms with Crippen molar-refractivity contribution in [1.29, 1.82) is 0 Å². The zero-order chi connectivity index (χ0) is 10.2. The predicted octanol–water partition coefficient (Wildman–Crippen LogP) is 1.85. The summed E-state index contributed by atoms with van der Waals surface area (Å²) in [5.74, 6) is -0.772. The van der Waals surface area contributed by atoms with E-state index in [1.54, 1.807) is 20.8 Å². The van der Waals surface area contributed by atoms with Crippen LogP contribution < -0.4 is 5.73 Å². The first kappa shape index (κ1) is 9.71. The van der Waals surface area contributed by atoms with Crippen LogP contribution in [0.25, 0.3) is 0 Å². The van der Waals surface area contributed by atoms with Crippen molar-refractivity contribution < 1.29 is 9.18 Å². The number of rotatable bonds is 1. The number of nitrogens with two attached hydrogens (primary N) is 1. The van der Waals surface area contributed by atoms with Gasteiger partial charge in [-0.3, -0.25) is 4.79 Å². The molecule has 1 amide bonds. The zero-order valence-corrected chi connectivity index (χ0v) is 7.94. The Kier molecular flexibility index (Phi) is 2.36. The Bertz CT molecular complexity index is 372. The largest absolute Gasteiger partial charge is 0.366 e. The van der Waals surface area contributed by atoms with Crippen molar-refractivity contribution in [2.24, 2.45) is 5.73 Å². The number of hydrogen-bond donors (Lipinski definition) is 1. The summed E-state index contributed by atoms with van der Waals surface area (Å²) in [7, 11) is 0. The Morgan fingerprint density at radius 1 is 1.31 bits per heavy atom. The lowest BCUT2D eigenvalue weighted by Crippen LogP contribution is -2.14. The minimum absolute atomic E-state index is 0.262. The first-order chi connectivity index (χ1) is 5.95. The van der Waals surface area contributed by atoms with Gasteiger partial charge in [-0.25, -0.2) is 4.39 Å². The zero-order valence-electron chi connectivity index (χ0n) is 7.94. The Labute approximate surface area is 76.6 Å². The van der Waals surface area contributed by atoms with Gasteiger partial charge in [-0.1, -0.05) is 0 Å². The highest BCUT2D eigenvalue weighted by Crippen LogP contribution is 2.19. The minimum atomic E-state index is -0.510. The van der Waals surface area contributed by atoms with E-state index in [0.717, 1.165) is 0 Å². The first-order valence-electron chi connectivity index (χ1n) is 4.01. The number of aryl methyl sites for hydroxylation is 1. The van der Waals surface area contributed by atoms with E-state index in [1.165, 1.54) is 6.07 Å². The molecule has 3 heteroatoms. The Morgan fingerprint density at radius 3 is 2.31 bits per heavy atom. The van der Waals surface area contributed by atoms with E-state index < -0.39 is 5.91 Å². The van der Waals surface area contributed by atoms with Crippen LogP contribution in [-0.2, 0) is 0 Å². The standard InChI is InChI=1S/C10H12FNO/c1-5-4-8(10(12)13)6(2)7(3)9(5)11/h4H,1-3H3,(H2,12,13). The Morgan fingerprint density at radius 2 is 1.85 bits per heavy atom. The fraction of sp³-hybridized carbons (Fsp3) is 0.300. The molecular weight excluding hydrogens is 169 g/mol. The third-order valence-electron chi connectivity index (χ3n) is 2.27. The van der Waals surface area contributed by atoms with Gasteiger partial charge in [0.05, 0.1) is 0 Å². The SMILES string of the molecule is Cc1cc(C(N)=O)c(C)c(C)c1F. The molecule has 0 atom stereocenters. The summed E-state index contributed by atoms with van der Waals surface area (Å²) in [5, 5.41) is 0. The maximum absolute atomic E-state index is 13.3. The van der Waals surface area contributed by atoms with Crippen LogP contribution in [0.1, 0.15) is 27.0 Å². The molecule has 0 saturated heterocycles. The molecule has 0 aromatic heterocycles. The predicted molar refractivity (Wildman–Crippen MR) is 49.1 cm³/mol. The summed E-state index contributed by atoms with van der Waals surface area (Å²) in [6, 6.07) is 1.49. The third-order valence-corrected chi connectivity index (χ3v) is 2.27. The van der Waals surface area contributed by atoms with Gasteiger partial charge < -0.3 is 5.73 Å². The average Bonchev–Trinajstić information content (AvgIpc) is 2.07. The number of carbonyl (C=O) groups excluding carboxylic acids is 1. The summed E-state index contributed by atoms with van der Waals surface area (Å²) < 4.78 is 13.3. The molecule has 2 nitrogen and oxygen atoms in total. The van der Waals surface area contributed by atoms with E-state index >= 15 is 0 Å². The van der Waals surface area contributed by atoms with Gasteiger partial charge in [-0.05, 0) is 43.5 Å². The summed E-state index contributed by atoms with van der Waals surface area (Å²) in [5.41, 5.74) is 7.11. The van der Waals surface area contributed by atoms with Gasteiger partial charge in [0, 0.05) is 5.56 Å². The summed E-state index contributed by atoms with van der Waals surface area (Å²) in [6.07, 6.45) is 0. The fourth-order valence-corrected chi connectivity index (χ4v) is 1.31. The molecule has 0 aliphatic heterocycles. The molecule has 0 heterocycles. The third kappa shape index (κ3) is 1.54. The van der Waals surface area contributed by atoms with Crippen LogP contribution in [0.5, 0.6) is 0 Å². The number of amides is 1. The molecule has 1 aromatic carbocycles. The number of primary amides is 1. The lowest BCUT2D eigenvalue weighted by atomic mass is 9.99. The van der Waals surface area contributed by atoms with E-state index in [4.69, 9.17) is 5.73 Å². The molecule has 70 valence electrons. The second kappa shape index (κ2) is 3.17. The van der Waals surface area contributed by atoms with Crippen molar-refractivity contribution in [3.8, 4) is 0 Å². The van der Waals surface area contributed by atoms with Crippen LogP contribution in [0, 0.1) is 26.6 Å². The maximum Gasteiger partial charge on any atom is 0.248 e. The van der Waals surface area contributed by atoms with Crippen LogP contribution in [0.2, 0.25) is 0 Å². The van der Waals surface area contributed by atoms with Crippen molar-refractivity contribution in [3.05, 3.63) is 34.1 Å². The number of benzene rings is 1. The van der Waals surface area contributed by atoms with Crippen LogP contribution in [0.4, 0.5) is 4.39 Å². The molecule has 1 rings (SSSR count). The molecule has 0 aliphatic rings. The lowest BCUT2D eigenvalue weighted by Gasteiger charge is -2.08. The first-order valence-corrected chi connectivity index (χ1v) is 4.01. The molecular formula is C10H12FNO. The van der Waals surface area contributed by atoms with Crippen LogP contribution >= 0.6 is 0 Å². The van der Waals surface area contributed by atoms with Gasteiger partial charge in [0.25, 0.3) is 0 Å². The molecule has 1 aromatic rings. The molecule has 13 heavy (non-hydrogen) atoms. The number of hydrogen-bond acceptors (Lipinski definition) is 1. The molecule has 0 bridgehead atoms. The highest BCUT2D eigenvalue weighted by Gasteiger charge is 2.12. The van der Waals surface area contributed by atoms with Gasteiger partial charge in [-0.15, -0.1) is 0 Å². The minimum Gasteiger partial charge on any atom is -0.366 e. The van der Waals surface area contributed by atoms with Gasteiger partial charge in [0.1, 0.15) is 5.82 Å². The summed E-state index contributed by atoms with van der Waals surface area (Å²) in [4.78, 5) is 10.9. The Hall–Kier alpha value is -1.38. The summed E-state index contributed by atoms with van der Waals surface area (Å²) in [6.45, 7) is 4.95. The highest BCUT2D eigenvalue weighted by molar-refractivity contribution is 5.94. The van der Waals surface area contributed by atoms with Gasteiger partial charge in [0.15, 0.2) is 0 Å². The van der Waals surface area contributed by atoms with Crippen LogP contribution in [0.15, 0.2) is 6.07 Å². The normalized spacial score (nSPS) is 10.2. The van der Waals surface area contributed by atoms with Crippen molar-refractivity contribution >= 4 is 5.91 Å². The average molecular weight is 181 g/mol. The molecule has 0 unspecified atom stereocenters. The second-order valence-corrected chi connectivity index (χ2v) is 3.17. The topological polar surface area (TPSA) is 43.1 Å². The fourth-order valence-electron chi connectivity index (χ4n) is 1.31. The summed E-state index contributed by atoms with van der Waals surface area (Å²) >= 11 is 0. The van der Waals surface area contributed by atoms with E-state index in [-0.39, 0.29) is 5.82 Å². The smallest absolute Gasteiger partial charge is 0.248 e. The van der Waals surface area contributed by atoms with Crippen molar-refractivity contribution in [3.63, 3.8) is 0 Å². The van der Waals surface area contributed by atoms with E-state index in [9.17, 15) is 9.18 Å². The van der Waals surface area contributed by atoms with Crippen LogP contribution in [-0.4, -0.2) is 5.91 Å². The van der Waals surface area contributed by atoms with Gasteiger partial charge >= 0.3 is 0 Å². The van der Waals surface area contributed by atoms with Gasteiger partial charge in [0.2, 0.25) is 5.91 Å². The van der Waals surface area contributed by atoms with Gasteiger partial charge in [-0.2, -0.15) is 0 Å². The van der Waals surface area contributed by atoms with Crippen molar-refractivity contribution in [2.45, 2.75) is 20.8 Å².